The van der Waals surface area contributed by atoms with Crippen LogP contribution in [0, 0.1) is 0 Å². The molecule has 2 aromatic rings. The lowest BCUT2D eigenvalue weighted by Gasteiger charge is -2.14. The van der Waals surface area contributed by atoms with Crippen molar-refractivity contribution in [3.05, 3.63) is 46.5 Å². The van der Waals surface area contributed by atoms with Crippen molar-refractivity contribution in [2.24, 2.45) is 0 Å². The lowest BCUT2D eigenvalue weighted by molar-refractivity contribution is -0.0512. The van der Waals surface area contributed by atoms with E-state index in [4.69, 9.17) is 25.8 Å². The Balaban J connectivity index is 2.03. The van der Waals surface area contributed by atoms with E-state index in [2.05, 4.69) is 10.1 Å². The van der Waals surface area contributed by atoms with Crippen molar-refractivity contribution in [2.75, 3.05) is 27.4 Å². The number of amides is 1. The minimum atomic E-state index is -2.96. The minimum Gasteiger partial charge on any atom is -0.493 e. The van der Waals surface area contributed by atoms with Gasteiger partial charge in [-0.2, -0.15) is 8.78 Å². The summed E-state index contributed by atoms with van der Waals surface area (Å²) in [6.07, 6.45) is 1.20. The van der Waals surface area contributed by atoms with Gasteiger partial charge in [0.1, 0.15) is 0 Å². The largest absolute Gasteiger partial charge is 0.493 e. The van der Waals surface area contributed by atoms with Gasteiger partial charge in [0, 0.05) is 12.1 Å². The Labute approximate surface area is 179 Å². The molecule has 9 heteroatoms. The molecule has 164 valence electrons. The van der Waals surface area contributed by atoms with Gasteiger partial charge in [-0.05, 0) is 42.7 Å². The molecule has 0 saturated heterocycles. The molecule has 0 aliphatic carbocycles. The number of ether oxygens (including phenoxy) is 4. The highest BCUT2D eigenvalue weighted by atomic mass is 35.5. The first-order valence-corrected chi connectivity index (χ1v) is 9.67. The molecule has 2 aromatic carbocycles. The fourth-order valence-corrected chi connectivity index (χ4v) is 2.95. The third-order valence-corrected chi connectivity index (χ3v) is 4.37. The van der Waals surface area contributed by atoms with Gasteiger partial charge in [-0.3, -0.25) is 4.79 Å². The molecule has 1 amide bonds. The molecular weight excluding hydrogens is 420 g/mol. The van der Waals surface area contributed by atoms with Crippen molar-refractivity contribution in [1.82, 2.24) is 5.32 Å². The van der Waals surface area contributed by atoms with Crippen molar-refractivity contribution in [1.29, 1.82) is 0 Å². The normalized spacial score (nSPS) is 10.6. The highest BCUT2D eigenvalue weighted by Gasteiger charge is 2.16. The average Bonchev–Trinajstić information content (AvgIpc) is 2.72. The first-order chi connectivity index (χ1) is 14.4. The van der Waals surface area contributed by atoms with Gasteiger partial charge in [0.05, 0.1) is 25.8 Å². The molecule has 0 aliphatic rings. The van der Waals surface area contributed by atoms with E-state index >= 15 is 0 Å². The van der Waals surface area contributed by atoms with E-state index < -0.39 is 6.61 Å². The molecule has 0 radical (unpaired) electrons. The van der Waals surface area contributed by atoms with Crippen LogP contribution >= 0.6 is 11.6 Å². The summed E-state index contributed by atoms with van der Waals surface area (Å²) in [5.41, 5.74) is 1.02. The van der Waals surface area contributed by atoms with Gasteiger partial charge in [0.25, 0.3) is 5.91 Å². The Bertz CT molecular complexity index is 864. The molecule has 2 rings (SSSR count). The molecule has 6 nitrogen and oxygen atoms in total. The number of halogens is 3. The molecule has 1 N–H and O–H groups in total. The highest BCUT2D eigenvalue weighted by Crippen LogP contribution is 2.36. The van der Waals surface area contributed by atoms with Crippen molar-refractivity contribution < 1.29 is 32.5 Å². The van der Waals surface area contributed by atoms with Crippen LogP contribution in [0.5, 0.6) is 23.0 Å². The number of benzene rings is 2. The molecule has 0 fully saturated rings. The van der Waals surface area contributed by atoms with E-state index in [1.807, 2.05) is 6.92 Å². The average molecular weight is 444 g/mol. The van der Waals surface area contributed by atoms with E-state index in [0.29, 0.717) is 35.7 Å². The van der Waals surface area contributed by atoms with Crippen molar-refractivity contribution >= 4 is 17.5 Å². The predicted molar refractivity (Wildman–Crippen MR) is 109 cm³/mol. The summed E-state index contributed by atoms with van der Waals surface area (Å²) in [5.74, 6) is 0.549. The highest BCUT2D eigenvalue weighted by molar-refractivity contribution is 6.32. The maximum absolute atomic E-state index is 12.5. The van der Waals surface area contributed by atoms with Crippen LogP contribution in [0.15, 0.2) is 30.3 Å². The number of hydrogen-bond acceptors (Lipinski definition) is 5. The second kappa shape index (κ2) is 11.4. The third-order valence-electron chi connectivity index (χ3n) is 4.09. The Kier molecular flexibility index (Phi) is 8.98. The summed E-state index contributed by atoms with van der Waals surface area (Å²) in [7, 11) is 2.83. The molecule has 0 aromatic heterocycles. The molecule has 30 heavy (non-hydrogen) atoms. The molecule has 0 spiro atoms. The maximum atomic E-state index is 12.5. The minimum absolute atomic E-state index is 0.0597. The smallest absolute Gasteiger partial charge is 0.387 e. The number of carbonyl (C=O) groups is 1. The van der Waals surface area contributed by atoms with Gasteiger partial charge in [-0.1, -0.05) is 24.6 Å². The Morgan fingerprint density at radius 3 is 2.47 bits per heavy atom. The van der Waals surface area contributed by atoms with Crippen molar-refractivity contribution in [2.45, 2.75) is 26.4 Å². The Morgan fingerprint density at radius 1 is 1.10 bits per heavy atom. The Morgan fingerprint density at radius 2 is 1.83 bits per heavy atom. The van der Waals surface area contributed by atoms with Gasteiger partial charge in [-0.25, -0.2) is 0 Å². The zero-order valence-corrected chi connectivity index (χ0v) is 17.7. The van der Waals surface area contributed by atoms with Crippen molar-refractivity contribution in [3.63, 3.8) is 0 Å². The molecule has 0 atom stereocenters. The van der Waals surface area contributed by atoms with Crippen LogP contribution in [0.3, 0.4) is 0 Å². The van der Waals surface area contributed by atoms with E-state index in [1.54, 1.807) is 12.1 Å². The first-order valence-electron chi connectivity index (χ1n) is 9.29. The number of nitrogens with one attached hydrogen (secondary N) is 1. The summed E-state index contributed by atoms with van der Waals surface area (Å²) in [5, 5.41) is 3.04. The summed E-state index contributed by atoms with van der Waals surface area (Å²) in [6.45, 7) is -0.250. The number of hydrogen-bond donors (Lipinski definition) is 1. The fourth-order valence-electron chi connectivity index (χ4n) is 2.68. The van der Waals surface area contributed by atoms with E-state index in [9.17, 15) is 13.6 Å². The second-order valence-corrected chi connectivity index (χ2v) is 6.61. The van der Waals surface area contributed by atoms with Crippen LogP contribution < -0.4 is 24.3 Å². The number of methoxy groups -OCH3 is 2. The first kappa shape index (κ1) is 23.5. The number of alkyl halides is 2. The van der Waals surface area contributed by atoms with Gasteiger partial charge < -0.3 is 24.3 Å². The van der Waals surface area contributed by atoms with Gasteiger partial charge >= 0.3 is 6.61 Å². The third kappa shape index (κ3) is 6.38. The molecular formula is C21H24ClF2NO5. The SMILES string of the molecule is CCCOc1c(Cl)cc(C(=O)NCCc2ccc(OC)c(OC(F)F)c2)cc1OC. The monoisotopic (exact) mass is 443 g/mol. The second-order valence-electron chi connectivity index (χ2n) is 6.21. The number of rotatable bonds is 11. The zero-order chi connectivity index (χ0) is 22.1. The summed E-state index contributed by atoms with van der Waals surface area (Å²) >= 11 is 6.24. The topological polar surface area (TPSA) is 66.0 Å². The van der Waals surface area contributed by atoms with Crippen LogP contribution in [0.2, 0.25) is 5.02 Å². The molecule has 0 bridgehead atoms. The Hall–Kier alpha value is -2.74. The predicted octanol–water partition coefficient (Wildman–Crippen LogP) is 4.72. The van der Waals surface area contributed by atoms with Crippen LogP contribution in [0.1, 0.15) is 29.3 Å². The van der Waals surface area contributed by atoms with Gasteiger partial charge in [0.2, 0.25) is 0 Å². The lowest BCUT2D eigenvalue weighted by Crippen LogP contribution is -2.25. The summed E-state index contributed by atoms with van der Waals surface area (Å²) < 4.78 is 45.4. The van der Waals surface area contributed by atoms with Gasteiger partial charge in [-0.15, -0.1) is 0 Å². The molecule has 0 heterocycles. The van der Waals surface area contributed by atoms with E-state index in [-0.39, 0.29) is 29.0 Å². The number of carbonyl (C=O) groups excluding carboxylic acids is 1. The quantitative estimate of drug-likeness (QED) is 0.544. The lowest BCUT2D eigenvalue weighted by atomic mass is 10.1. The van der Waals surface area contributed by atoms with E-state index in [1.165, 1.54) is 32.4 Å². The molecule has 0 aliphatic heterocycles. The summed E-state index contributed by atoms with van der Waals surface area (Å²) in [4.78, 5) is 12.5. The summed E-state index contributed by atoms with van der Waals surface area (Å²) in [6, 6.07) is 7.76. The molecule has 0 unspecified atom stereocenters. The van der Waals surface area contributed by atoms with Crippen LogP contribution in [0.25, 0.3) is 0 Å². The standard InChI is InChI=1S/C21H24ClF2NO5/c1-4-9-29-19-15(22)11-14(12-18(19)28-3)20(26)25-8-7-13-5-6-16(27-2)17(10-13)30-21(23)24/h5-6,10-12,21H,4,7-9H2,1-3H3,(H,25,26). The zero-order valence-electron chi connectivity index (χ0n) is 17.0. The van der Waals surface area contributed by atoms with Crippen LogP contribution in [0.4, 0.5) is 8.78 Å². The van der Waals surface area contributed by atoms with Gasteiger partial charge in [0.15, 0.2) is 23.0 Å². The fraction of sp³-hybridized carbons (Fsp3) is 0.381. The maximum Gasteiger partial charge on any atom is 0.387 e. The van der Waals surface area contributed by atoms with Crippen LogP contribution in [-0.2, 0) is 6.42 Å². The van der Waals surface area contributed by atoms with Crippen LogP contribution in [-0.4, -0.2) is 39.9 Å². The molecule has 0 saturated carbocycles. The van der Waals surface area contributed by atoms with E-state index in [0.717, 1.165) is 6.42 Å². The van der Waals surface area contributed by atoms with Crippen molar-refractivity contribution in [3.8, 4) is 23.0 Å².